The second-order valence-corrected chi connectivity index (χ2v) is 6.98. The third-order valence-corrected chi connectivity index (χ3v) is 3.59. The molecule has 0 radical (unpaired) electrons. The smallest absolute Gasteiger partial charge is 0.243 e. The lowest BCUT2D eigenvalue weighted by Gasteiger charge is -2.21. The molecule has 3 N–H and O–H groups in total. The molecule has 6 nitrogen and oxygen atoms in total. The van der Waals surface area contributed by atoms with Gasteiger partial charge in [0.2, 0.25) is 17.7 Å². The second kappa shape index (κ2) is 7.95. The topological polar surface area (TPSA) is 87.3 Å². The summed E-state index contributed by atoms with van der Waals surface area (Å²) in [5, 5.41) is 7.96. The Hall–Kier alpha value is -2.37. The average molecular weight is 333 g/mol. The van der Waals surface area contributed by atoms with Crippen molar-refractivity contribution in [2.24, 2.45) is 5.41 Å². The first-order valence-electron chi connectivity index (χ1n) is 7.97. The van der Waals surface area contributed by atoms with E-state index in [4.69, 9.17) is 0 Å². The van der Waals surface area contributed by atoms with Gasteiger partial charge in [-0.05, 0) is 31.9 Å². The molecule has 0 spiro atoms. The number of rotatable bonds is 5. The number of para-hydroxylation sites is 1. The molecule has 0 saturated heterocycles. The summed E-state index contributed by atoms with van der Waals surface area (Å²) in [5.74, 6) is -0.926. The molecule has 1 aromatic rings. The van der Waals surface area contributed by atoms with E-state index >= 15 is 0 Å². The Morgan fingerprint density at radius 3 is 2.12 bits per heavy atom. The van der Waals surface area contributed by atoms with Crippen LogP contribution in [0.1, 0.15) is 38.8 Å². The van der Waals surface area contributed by atoms with Crippen LogP contribution in [-0.2, 0) is 14.4 Å². The number of carbonyl (C=O) groups excluding carboxylic acids is 3. The van der Waals surface area contributed by atoms with Gasteiger partial charge >= 0.3 is 0 Å². The molecule has 0 saturated carbocycles. The number of carbonyl (C=O) groups is 3. The highest BCUT2D eigenvalue weighted by molar-refractivity contribution is 5.97. The second-order valence-electron chi connectivity index (χ2n) is 6.98. The van der Waals surface area contributed by atoms with Gasteiger partial charge in [-0.1, -0.05) is 39.0 Å². The number of hydrogen-bond donors (Lipinski definition) is 3. The standard InChI is InChI=1S/C18H27N3O3/c1-11-8-7-9-12(2)15(11)21-14(22)10-19-16(23)13(3)20-17(24)18(4,5)6/h7-9,13H,10H2,1-6H3,(H,19,23)(H,20,24)(H,21,22). The molecule has 1 atom stereocenters. The summed E-state index contributed by atoms with van der Waals surface area (Å²) in [6, 6.07) is 5.03. The highest BCUT2D eigenvalue weighted by Gasteiger charge is 2.25. The third-order valence-electron chi connectivity index (χ3n) is 3.59. The molecule has 0 bridgehead atoms. The van der Waals surface area contributed by atoms with Crippen molar-refractivity contribution in [3.8, 4) is 0 Å². The number of amides is 3. The Kier molecular flexibility index (Phi) is 6.51. The molecular formula is C18H27N3O3. The van der Waals surface area contributed by atoms with Crippen molar-refractivity contribution >= 4 is 23.4 Å². The molecule has 0 aliphatic rings. The maximum Gasteiger partial charge on any atom is 0.243 e. The van der Waals surface area contributed by atoms with Crippen LogP contribution in [0.2, 0.25) is 0 Å². The Bertz CT molecular complexity index is 613. The van der Waals surface area contributed by atoms with E-state index in [2.05, 4.69) is 16.0 Å². The monoisotopic (exact) mass is 333 g/mol. The number of aryl methyl sites for hydroxylation is 2. The number of nitrogens with one attached hydrogen (secondary N) is 3. The predicted molar refractivity (Wildman–Crippen MR) is 94.6 cm³/mol. The Morgan fingerprint density at radius 1 is 1.08 bits per heavy atom. The summed E-state index contributed by atoms with van der Waals surface area (Å²) in [6.07, 6.45) is 0. The van der Waals surface area contributed by atoms with Crippen LogP contribution < -0.4 is 16.0 Å². The minimum absolute atomic E-state index is 0.150. The fourth-order valence-electron chi connectivity index (χ4n) is 1.99. The van der Waals surface area contributed by atoms with Crippen molar-refractivity contribution in [2.45, 2.75) is 47.6 Å². The summed E-state index contributed by atoms with van der Waals surface area (Å²) in [5.41, 5.74) is 2.10. The third kappa shape index (κ3) is 5.68. The van der Waals surface area contributed by atoms with Gasteiger partial charge in [0, 0.05) is 11.1 Å². The van der Waals surface area contributed by atoms with Gasteiger partial charge in [0.05, 0.1) is 6.54 Å². The molecule has 0 aliphatic carbocycles. The first kappa shape index (κ1) is 19.7. The van der Waals surface area contributed by atoms with Crippen LogP contribution in [0.4, 0.5) is 5.69 Å². The van der Waals surface area contributed by atoms with Crippen LogP contribution in [0, 0.1) is 19.3 Å². The number of benzene rings is 1. The fraction of sp³-hybridized carbons (Fsp3) is 0.500. The van der Waals surface area contributed by atoms with Gasteiger partial charge in [-0.2, -0.15) is 0 Å². The van der Waals surface area contributed by atoms with Crippen molar-refractivity contribution in [1.82, 2.24) is 10.6 Å². The molecule has 3 amide bonds. The van der Waals surface area contributed by atoms with Crippen LogP contribution >= 0.6 is 0 Å². The largest absolute Gasteiger partial charge is 0.345 e. The summed E-state index contributed by atoms with van der Waals surface area (Å²) in [7, 11) is 0. The van der Waals surface area contributed by atoms with E-state index in [-0.39, 0.29) is 18.4 Å². The van der Waals surface area contributed by atoms with Crippen molar-refractivity contribution < 1.29 is 14.4 Å². The van der Waals surface area contributed by atoms with Crippen LogP contribution in [0.3, 0.4) is 0 Å². The lowest BCUT2D eigenvalue weighted by atomic mass is 9.95. The summed E-state index contributed by atoms with van der Waals surface area (Å²) >= 11 is 0. The van der Waals surface area contributed by atoms with E-state index in [1.807, 2.05) is 32.0 Å². The quantitative estimate of drug-likeness (QED) is 0.769. The molecule has 6 heteroatoms. The van der Waals surface area contributed by atoms with Gasteiger partial charge in [0.15, 0.2) is 0 Å². The zero-order chi connectivity index (χ0) is 18.5. The van der Waals surface area contributed by atoms with Gasteiger partial charge in [0.1, 0.15) is 6.04 Å². The van der Waals surface area contributed by atoms with Crippen molar-refractivity contribution in [3.63, 3.8) is 0 Å². The maximum atomic E-state index is 12.0. The lowest BCUT2D eigenvalue weighted by molar-refractivity contribution is -0.133. The summed E-state index contributed by atoms with van der Waals surface area (Å²) in [6.45, 7) is 10.6. The fourth-order valence-corrected chi connectivity index (χ4v) is 1.99. The van der Waals surface area contributed by atoms with E-state index < -0.39 is 17.4 Å². The average Bonchev–Trinajstić information content (AvgIpc) is 2.47. The molecular weight excluding hydrogens is 306 g/mol. The molecule has 1 rings (SSSR count). The Morgan fingerprint density at radius 2 is 1.62 bits per heavy atom. The molecule has 24 heavy (non-hydrogen) atoms. The van der Waals surface area contributed by atoms with Crippen LogP contribution in [0.5, 0.6) is 0 Å². The molecule has 0 fully saturated rings. The van der Waals surface area contributed by atoms with E-state index in [0.29, 0.717) is 0 Å². The maximum absolute atomic E-state index is 12.0. The van der Waals surface area contributed by atoms with Crippen molar-refractivity contribution in [2.75, 3.05) is 11.9 Å². The van der Waals surface area contributed by atoms with Crippen molar-refractivity contribution in [3.05, 3.63) is 29.3 Å². The van der Waals surface area contributed by atoms with E-state index in [9.17, 15) is 14.4 Å². The molecule has 0 aliphatic heterocycles. The first-order chi connectivity index (χ1) is 11.0. The highest BCUT2D eigenvalue weighted by atomic mass is 16.2. The minimum atomic E-state index is -0.704. The molecule has 0 aromatic heterocycles. The highest BCUT2D eigenvalue weighted by Crippen LogP contribution is 2.19. The van der Waals surface area contributed by atoms with E-state index in [1.165, 1.54) is 0 Å². The van der Waals surface area contributed by atoms with Crippen LogP contribution in [-0.4, -0.2) is 30.3 Å². The van der Waals surface area contributed by atoms with E-state index in [1.54, 1.807) is 27.7 Å². The first-order valence-corrected chi connectivity index (χ1v) is 7.97. The molecule has 0 heterocycles. The van der Waals surface area contributed by atoms with Gasteiger partial charge in [0.25, 0.3) is 0 Å². The number of anilines is 1. The lowest BCUT2D eigenvalue weighted by Crippen LogP contribution is -2.49. The van der Waals surface area contributed by atoms with E-state index in [0.717, 1.165) is 16.8 Å². The predicted octanol–water partition coefficient (Wildman–Crippen LogP) is 1.91. The van der Waals surface area contributed by atoms with Crippen LogP contribution in [0.25, 0.3) is 0 Å². The molecule has 1 unspecified atom stereocenters. The van der Waals surface area contributed by atoms with Gasteiger partial charge in [-0.3, -0.25) is 14.4 Å². The van der Waals surface area contributed by atoms with Gasteiger partial charge < -0.3 is 16.0 Å². The molecule has 1 aromatic carbocycles. The normalized spacial score (nSPS) is 12.2. The number of hydrogen-bond acceptors (Lipinski definition) is 3. The Labute approximate surface area is 143 Å². The summed E-state index contributed by atoms with van der Waals surface area (Å²) in [4.78, 5) is 35.9. The zero-order valence-corrected chi connectivity index (χ0v) is 15.2. The van der Waals surface area contributed by atoms with Gasteiger partial charge in [-0.15, -0.1) is 0 Å². The van der Waals surface area contributed by atoms with Gasteiger partial charge in [-0.25, -0.2) is 0 Å². The molecule has 132 valence electrons. The van der Waals surface area contributed by atoms with Crippen molar-refractivity contribution in [1.29, 1.82) is 0 Å². The SMILES string of the molecule is Cc1cccc(C)c1NC(=O)CNC(=O)C(C)NC(=O)C(C)(C)C. The minimum Gasteiger partial charge on any atom is -0.345 e. The Balaban J connectivity index is 2.52. The summed E-state index contributed by atoms with van der Waals surface area (Å²) < 4.78 is 0. The zero-order valence-electron chi connectivity index (χ0n) is 15.2. The van der Waals surface area contributed by atoms with Crippen LogP contribution in [0.15, 0.2) is 18.2 Å².